The van der Waals surface area contributed by atoms with Gasteiger partial charge >= 0.3 is 0 Å². The Hall–Kier alpha value is -0.830. The Kier molecular flexibility index (Phi) is 5.53. The number of hydrogen-bond acceptors (Lipinski definition) is 2. The fraction of sp³-hybridized carbons (Fsp3) is 0.769. The summed E-state index contributed by atoms with van der Waals surface area (Å²) in [6, 6.07) is 0. The summed E-state index contributed by atoms with van der Waals surface area (Å²) in [5.74, 6) is 1.03. The molecule has 0 spiro atoms. The predicted octanol–water partition coefficient (Wildman–Crippen LogP) is 1.80. The minimum Gasteiger partial charge on any atom is -0.339 e. The molecule has 1 aliphatic heterocycles. The lowest BCUT2D eigenvalue weighted by Crippen LogP contribution is -2.33. The topological polar surface area (TPSA) is 32.3 Å². The first kappa shape index (κ1) is 13.2. The van der Waals surface area contributed by atoms with E-state index < -0.39 is 0 Å². The van der Waals surface area contributed by atoms with Crippen LogP contribution in [0.15, 0.2) is 12.2 Å². The molecule has 0 aromatic rings. The summed E-state index contributed by atoms with van der Waals surface area (Å²) in [5, 5.41) is 3.07. The zero-order valence-electron chi connectivity index (χ0n) is 10.6. The molecule has 92 valence electrons. The zero-order valence-corrected chi connectivity index (χ0v) is 10.6. The van der Waals surface area contributed by atoms with Crippen LogP contribution in [0.2, 0.25) is 0 Å². The molecule has 1 aliphatic rings. The molecule has 0 aliphatic carbocycles. The van der Waals surface area contributed by atoms with Gasteiger partial charge in [0.25, 0.3) is 0 Å². The summed E-state index contributed by atoms with van der Waals surface area (Å²) in [4.78, 5) is 13.8. The molecule has 1 N–H and O–H groups in total. The van der Waals surface area contributed by atoms with E-state index in [1.54, 1.807) is 0 Å². The highest BCUT2D eigenvalue weighted by atomic mass is 16.2. The number of nitrogens with one attached hydrogen (secondary N) is 1. The summed E-state index contributed by atoms with van der Waals surface area (Å²) in [5.41, 5.74) is 1.09. The molecule has 1 rings (SSSR count). The highest BCUT2D eigenvalue weighted by molar-refractivity contribution is 5.76. The van der Waals surface area contributed by atoms with Gasteiger partial charge in [-0.05, 0) is 31.4 Å². The summed E-state index contributed by atoms with van der Waals surface area (Å²) < 4.78 is 0. The van der Waals surface area contributed by atoms with Crippen LogP contribution in [0.4, 0.5) is 0 Å². The highest BCUT2D eigenvalue weighted by Gasteiger charge is 2.21. The molecule has 1 saturated heterocycles. The van der Waals surface area contributed by atoms with Crippen LogP contribution >= 0.6 is 0 Å². The van der Waals surface area contributed by atoms with Crippen LogP contribution in [0.3, 0.4) is 0 Å². The monoisotopic (exact) mass is 224 g/mol. The molecule has 3 heteroatoms. The maximum atomic E-state index is 11.9. The van der Waals surface area contributed by atoms with Crippen molar-refractivity contribution in [1.29, 1.82) is 0 Å². The quantitative estimate of drug-likeness (QED) is 0.722. The molecule has 1 atom stereocenters. The SMILES string of the molecule is C=C(CNC)CN1CCC(CC)CCC1=O. The number of hydrogen-bond donors (Lipinski definition) is 1. The van der Waals surface area contributed by atoms with Gasteiger partial charge in [-0.15, -0.1) is 0 Å². The first-order valence-corrected chi connectivity index (χ1v) is 6.26. The van der Waals surface area contributed by atoms with E-state index in [1.807, 2.05) is 11.9 Å². The number of carbonyl (C=O) groups is 1. The normalized spacial score (nSPS) is 22.0. The van der Waals surface area contributed by atoms with Crippen molar-refractivity contribution in [3.63, 3.8) is 0 Å². The second-order valence-electron chi connectivity index (χ2n) is 4.70. The van der Waals surface area contributed by atoms with E-state index in [2.05, 4.69) is 18.8 Å². The Morgan fingerprint density at radius 1 is 1.56 bits per heavy atom. The molecule has 0 radical (unpaired) electrons. The Labute approximate surface area is 98.9 Å². The van der Waals surface area contributed by atoms with Gasteiger partial charge in [0.15, 0.2) is 0 Å². The molecule has 1 fully saturated rings. The van der Waals surface area contributed by atoms with Crippen LogP contribution in [-0.4, -0.2) is 37.5 Å². The summed E-state index contributed by atoms with van der Waals surface area (Å²) in [6.45, 7) is 8.61. The van der Waals surface area contributed by atoms with Crippen LogP contribution in [0.5, 0.6) is 0 Å². The first-order valence-electron chi connectivity index (χ1n) is 6.26. The van der Waals surface area contributed by atoms with Crippen molar-refractivity contribution in [3.05, 3.63) is 12.2 Å². The fourth-order valence-corrected chi connectivity index (χ4v) is 2.24. The molecule has 0 aromatic carbocycles. The third kappa shape index (κ3) is 3.97. The van der Waals surface area contributed by atoms with Crippen LogP contribution in [0.25, 0.3) is 0 Å². The van der Waals surface area contributed by atoms with Crippen molar-refractivity contribution in [2.75, 3.05) is 26.7 Å². The molecule has 3 nitrogen and oxygen atoms in total. The maximum Gasteiger partial charge on any atom is 0.222 e. The molecule has 0 aromatic heterocycles. The Balaban J connectivity index is 2.46. The lowest BCUT2D eigenvalue weighted by atomic mass is 9.98. The average molecular weight is 224 g/mol. The van der Waals surface area contributed by atoms with Gasteiger partial charge in [0.05, 0.1) is 0 Å². The van der Waals surface area contributed by atoms with Crippen LogP contribution < -0.4 is 5.32 Å². The van der Waals surface area contributed by atoms with Gasteiger partial charge in [-0.2, -0.15) is 0 Å². The van der Waals surface area contributed by atoms with Crippen LogP contribution in [0, 0.1) is 5.92 Å². The van der Waals surface area contributed by atoms with Crippen LogP contribution in [0.1, 0.15) is 32.6 Å². The maximum absolute atomic E-state index is 11.9. The van der Waals surface area contributed by atoms with E-state index >= 15 is 0 Å². The van der Waals surface area contributed by atoms with E-state index in [0.29, 0.717) is 12.3 Å². The largest absolute Gasteiger partial charge is 0.339 e. The van der Waals surface area contributed by atoms with E-state index in [4.69, 9.17) is 0 Å². The van der Waals surface area contributed by atoms with Gasteiger partial charge < -0.3 is 10.2 Å². The minimum absolute atomic E-state index is 0.299. The number of rotatable bonds is 5. The van der Waals surface area contributed by atoms with Gasteiger partial charge in [0, 0.05) is 26.1 Å². The van der Waals surface area contributed by atoms with Crippen molar-refractivity contribution in [2.45, 2.75) is 32.6 Å². The Morgan fingerprint density at radius 2 is 2.31 bits per heavy atom. The Morgan fingerprint density at radius 3 is 2.94 bits per heavy atom. The number of amides is 1. The molecular weight excluding hydrogens is 200 g/mol. The molecule has 0 bridgehead atoms. The standard InChI is InChI=1S/C13H24N2O/c1-4-12-5-6-13(16)15(8-7-12)10-11(2)9-14-3/h12,14H,2,4-10H2,1,3H3. The van der Waals surface area contributed by atoms with Gasteiger partial charge in [0.1, 0.15) is 0 Å². The summed E-state index contributed by atoms with van der Waals surface area (Å²) >= 11 is 0. The van der Waals surface area contributed by atoms with E-state index in [9.17, 15) is 4.79 Å². The number of nitrogens with zero attached hydrogens (tertiary/aromatic N) is 1. The van der Waals surface area contributed by atoms with Crippen LogP contribution in [-0.2, 0) is 4.79 Å². The fourth-order valence-electron chi connectivity index (χ4n) is 2.24. The van der Waals surface area contributed by atoms with Gasteiger partial charge in [-0.25, -0.2) is 0 Å². The lowest BCUT2D eigenvalue weighted by Gasteiger charge is -2.22. The number of likely N-dealkylation sites (N-methyl/N-ethyl adjacent to an activating group) is 1. The molecule has 1 heterocycles. The molecule has 1 unspecified atom stereocenters. The second-order valence-corrected chi connectivity index (χ2v) is 4.70. The highest BCUT2D eigenvalue weighted by Crippen LogP contribution is 2.21. The van der Waals surface area contributed by atoms with E-state index in [-0.39, 0.29) is 0 Å². The van der Waals surface area contributed by atoms with E-state index in [0.717, 1.165) is 44.0 Å². The first-order chi connectivity index (χ1) is 7.67. The van der Waals surface area contributed by atoms with Crippen molar-refractivity contribution in [1.82, 2.24) is 10.2 Å². The Bertz CT molecular complexity index is 250. The summed E-state index contributed by atoms with van der Waals surface area (Å²) in [6.07, 6.45) is 4.11. The number of carbonyl (C=O) groups excluding carboxylic acids is 1. The average Bonchev–Trinajstić information content (AvgIpc) is 2.43. The lowest BCUT2D eigenvalue weighted by molar-refractivity contribution is -0.130. The second kappa shape index (κ2) is 6.69. The van der Waals surface area contributed by atoms with E-state index in [1.165, 1.54) is 6.42 Å². The van der Waals surface area contributed by atoms with Gasteiger partial charge in [-0.1, -0.05) is 19.9 Å². The predicted molar refractivity (Wildman–Crippen MR) is 67.3 cm³/mol. The van der Waals surface area contributed by atoms with Crippen molar-refractivity contribution >= 4 is 5.91 Å². The van der Waals surface area contributed by atoms with Crippen molar-refractivity contribution < 1.29 is 4.79 Å². The summed E-state index contributed by atoms with van der Waals surface area (Å²) in [7, 11) is 1.91. The zero-order chi connectivity index (χ0) is 12.0. The third-order valence-corrected chi connectivity index (χ3v) is 3.35. The molecule has 16 heavy (non-hydrogen) atoms. The van der Waals surface area contributed by atoms with Gasteiger partial charge in [-0.3, -0.25) is 4.79 Å². The molecule has 1 amide bonds. The minimum atomic E-state index is 0.299. The van der Waals surface area contributed by atoms with Crippen molar-refractivity contribution in [3.8, 4) is 0 Å². The van der Waals surface area contributed by atoms with Gasteiger partial charge in [0.2, 0.25) is 5.91 Å². The molecular formula is C13H24N2O. The number of likely N-dealkylation sites (tertiary alicyclic amines) is 1. The smallest absolute Gasteiger partial charge is 0.222 e. The van der Waals surface area contributed by atoms with Crippen molar-refractivity contribution in [2.24, 2.45) is 5.92 Å². The third-order valence-electron chi connectivity index (χ3n) is 3.35. The molecule has 0 saturated carbocycles.